The molecule has 2 rings (SSSR count). The average Bonchev–Trinajstić information content (AvgIpc) is 2.84. The molecule has 0 bridgehead atoms. The number of carbonyl (C=O) groups excluding carboxylic acids is 1. The molecule has 5 heteroatoms. The molecule has 4 N–H and O–H groups in total. The van der Waals surface area contributed by atoms with Crippen molar-refractivity contribution >= 4 is 29.0 Å². The van der Waals surface area contributed by atoms with E-state index in [1.54, 1.807) is 18.2 Å². The Hall–Kier alpha value is -1.42. The van der Waals surface area contributed by atoms with Crippen LogP contribution >= 0.6 is 11.6 Å². The number of rotatable bonds is 3. The number of halogens is 1. The molecular weight excluding hydrogens is 250 g/mol. The minimum atomic E-state index is -0.192. The van der Waals surface area contributed by atoms with Crippen LogP contribution in [0.15, 0.2) is 18.2 Å². The van der Waals surface area contributed by atoms with Crippen molar-refractivity contribution in [1.82, 2.24) is 5.32 Å². The van der Waals surface area contributed by atoms with E-state index in [2.05, 4.69) is 10.6 Å². The molecule has 1 aliphatic rings. The number of hydrogen-bond acceptors (Lipinski definition) is 2. The van der Waals surface area contributed by atoms with E-state index < -0.39 is 0 Å². The fraction of sp³-hybridized carbons (Fsp3) is 0.462. The van der Waals surface area contributed by atoms with Crippen LogP contribution in [0.5, 0.6) is 0 Å². The highest BCUT2D eigenvalue weighted by Gasteiger charge is 2.15. The van der Waals surface area contributed by atoms with Gasteiger partial charge in [-0.1, -0.05) is 24.4 Å². The molecule has 4 nitrogen and oxygen atoms in total. The summed E-state index contributed by atoms with van der Waals surface area (Å²) in [5.74, 6) is 0.630. The second-order valence-corrected chi connectivity index (χ2v) is 5.13. The highest BCUT2D eigenvalue weighted by molar-refractivity contribution is 6.33. The van der Waals surface area contributed by atoms with Gasteiger partial charge < -0.3 is 16.4 Å². The van der Waals surface area contributed by atoms with E-state index in [0.717, 1.165) is 6.54 Å². The molecule has 0 unspecified atom stereocenters. The van der Waals surface area contributed by atoms with Crippen LogP contribution in [0.4, 0.5) is 16.2 Å². The van der Waals surface area contributed by atoms with E-state index in [1.807, 2.05) is 0 Å². The fourth-order valence-corrected chi connectivity index (χ4v) is 2.41. The maximum atomic E-state index is 11.7. The van der Waals surface area contributed by atoms with Crippen molar-refractivity contribution in [3.05, 3.63) is 23.2 Å². The zero-order chi connectivity index (χ0) is 13.0. The first kappa shape index (κ1) is 13.0. The summed E-state index contributed by atoms with van der Waals surface area (Å²) in [6.07, 6.45) is 4.99. The van der Waals surface area contributed by atoms with Crippen LogP contribution in [0.25, 0.3) is 0 Å². The predicted molar refractivity (Wildman–Crippen MR) is 74.8 cm³/mol. The zero-order valence-electron chi connectivity index (χ0n) is 10.2. The lowest BCUT2D eigenvalue weighted by Crippen LogP contribution is -2.32. The summed E-state index contributed by atoms with van der Waals surface area (Å²) in [7, 11) is 0. The molecular formula is C13H18ClN3O. The minimum Gasteiger partial charge on any atom is -0.398 e. The van der Waals surface area contributed by atoms with E-state index in [-0.39, 0.29) is 6.03 Å². The Morgan fingerprint density at radius 3 is 2.78 bits per heavy atom. The van der Waals surface area contributed by atoms with Gasteiger partial charge in [0.15, 0.2) is 0 Å². The number of urea groups is 1. The van der Waals surface area contributed by atoms with E-state index in [0.29, 0.717) is 22.3 Å². The molecule has 0 aliphatic heterocycles. The lowest BCUT2D eigenvalue weighted by molar-refractivity contribution is 0.250. The van der Waals surface area contributed by atoms with Gasteiger partial charge in [0.25, 0.3) is 0 Å². The quantitative estimate of drug-likeness (QED) is 0.736. The Morgan fingerprint density at radius 1 is 1.39 bits per heavy atom. The summed E-state index contributed by atoms with van der Waals surface area (Å²) in [5, 5.41) is 6.07. The van der Waals surface area contributed by atoms with Crippen LogP contribution in [0.1, 0.15) is 25.7 Å². The maximum Gasteiger partial charge on any atom is 0.319 e. The molecule has 98 valence electrons. The molecule has 0 spiro atoms. The summed E-state index contributed by atoms with van der Waals surface area (Å²) in [4.78, 5) is 11.7. The maximum absolute atomic E-state index is 11.7. The Bertz CT molecular complexity index is 430. The van der Waals surface area contributed by atoms with Crippen LogP contribution in [-0.2, 0) is 0 Å². The fourth-order valence-electron chi connectivity index (χ4n) is 2.23. The number of carbonyl (C=O) groups is 1. The van der Waals surface area contributed by atoms with E-state index in [9.17, 15) is 4.79 Å². The zero-order valence-corrected chi connectivity index (χ0v) is 11.0. The average molecular weight is 268 g/mol. The van der Waals surface area contributed by atoms with Gasteiger partial charge >= 0.3 is 6.03 Å². The Kier molecular flexibility index (Phi) is 4.31. The lowest BCUT2D eigenvalue weighted by atomic mass is 10.1. The van der Waals surface area contributed by atoms with Crippen LogP contribution in [0.2, 0.25) is 5.02 Å². The van der Waals surface area contributed by atoms with E-state index in [1.165, 1.54) is 25.7 Å². The molecule has 1 aliphatic carbocycles. The molecule has 0 heterocycles. The van der Waals surface area contributed by atoms with Gasteiger partial charge in [-0.05, 0) is 37.0 Å². The molecule has 18 heavy (non-hydrogen) atoms. The topological polar surface area (TPSA) is 67.1 Å². The standard InChI is InChI=1S/C13H18ClN3O/c14-11-7-10(5-6-12(11)15)17-13(18)16-8-9-3-1-2-4-9/h5-7,9H,1-4,8,15H2,(H2,16,17,18). The molecule has 0 atom stereocenters. The Morgan fingerprint density at radius 2 is 2.11 bits per heavy atom. The number of nitrogens with one attached hydrogen (secondary N) is 2. The van der Waals surface area contributed by atoms with Crippen molar-refractivity contribution in [3.63, 3.8) is 0 Å². The van der Waals surface area contributed by atoms with Crippen molar-refractivity contribution in [1.29, 1.82) is 0 Å². The third-order valence-corrected chi connectivity index (χ3v) is 3.61. The molecule has 1 fully saturated rings. The first-order valence-electron chi connectivity index (χ1n) is 6.25. The predicted octanol–water partition coefficient (Wildman–Crippen LogP) is 3.23. The monoisotopic (exact) mass is 267 g/mol. The number of anilines is 2. The Labute approximate surface area is 112 Å². The van der Waals surface area contributed by atoms with Crippen LogP contribution in [0, 0.1) is 5.92 Å². The highest BCUT2D eigenvalue weighted by Crippen LogP contribution is 2.24. The molecule has 2 amide bonds. The number of amides is 2. The van der Waals surface area contributed by atoms with Crippen molar-refractivity contribution in [3.8, 4) is 0 Å². The first-order chi connectivity index (χ1) is 8.65. The molecule has 1 saturated carbocycles. The van der Waals surface area contributed by atoms with Crippen molar-refractivity contribution in [2.24, 2.45) is 5.92 Å². The van der Waals surface area contributed by atoms with Crippen molar-refractivity contribution in [2.45, 2.75) is 25.7 Å². The summed E-state index contributed by atoms with van der Waals surface area (Å²) in [6, 6.07) is 4.86. The van der Waals surface area contributed by atoms with Gasteiger partial charge in [-0.25, -0.2) is 4.79 Å². The largest absolute Gasteiger partial charge is 0.398 e. The molecule has 1 aromatic carbocycles. The third-order valence-electron chi connectivity index (χ3n) is 3.28. The van der Waals surface area contributed by atoms with Gasteiger partial charge in [0, 0.05) is 12.2 Å². The number of nitrogens with two attached hydrogens (primary N) is 1. The second-order valence-electron chi connectivity index (χ2n) is 4.72. The molecule has 0 radical (unpaired) electrons. The first-order valence-corrected chi connectivity index (χ1v) is 6.63. The van der Waals surface area contributed by atoms with Gasteiger partial charge in [0.05, 0.1) is 10.7 Å². The summed E-state index contributed by atoms with van der Waals surface area (Å²) in [5.41, 5.74) is 6.76. The van der Waals surface area contributed by atoms with E-state index >= 15 is 0 Å². The second kappa shape index (κ2) is 5.96. The molecule has 0 saturated heterocycles. The third kappa shape index (κ3) is 3.53. The lowest BCUT2D eigenvalue weighted by Gasteiger charge is -2.12. The van der Waals surface area contributed by atoms with Crippen LogP contribution < -0.4 is 16.4 Å². The van der Waals surface area contributed by atoms with Crippen LogP contribution in [0.3, 0.4) is 0 Å². The summed E-state index contributed by atoms with van der Waals surface area (Å²) >= 11 is 5.88. The smallest absolute Gasteiger partial charge is 0.319 e. The Balaban J connectivity index is 1.80. The summed E-state index contributed by atoms with van der Waals surface area (Å²) in [6.45, 7) is 0.745. The van der Waals surface area contributed by atoms with Crippen LogP contribution in [-0.4, -0.2) is 12.6 Å². The van der Waals surface area contributed by atoms with Gasteiger partial charge in [0.2, 0.25) is 0 Å². The molecule has 1 aromatic rings. The highest BCUT2D eigenvalue weighted by atomic mass is 35.5. The van der Waals surface area contributed by atoms with Crippen molar-refractivity contribution in [2.75, 3.05) is 17.6 Å². The van der Waals surface area contributed by atoms with Gasteiger partial charge in [0.1, 0.15) is 0 Å². The summed E-state index contributed by atoms with van der Waals surface area (Å²) < 4.78 is 0. The van der Waals surface area contributed by atoms with E-state index in [4.69, 9.17) is 17.3 Å². The minimum absolute atomic E-state index is 0.192. The van der Waals surface area contributed by atoms with Gasteiger partial charge in [-0.2, -0.15) is 0 Å². The van der Waals surface area contributed by atoms with Gasteiger partial charge in [-0.15, -0.1) is 0 Å². The molecule has 0 aromatic heterocycles. The normalized spacial score (nSPS) is 15.6. The number of hydrogen-bond donors (Lipinski definition) is 3. The number of nitrogen functional groups attached to an aromatic ring is 1. The number of benzene rings is 1. The SMILES string of the molecule is Nc1ccc(NC(=O)NCC2CCCC2)cc1Cl. The van der Waals surface area contributed by atoms with Crippen molar-refractivity contribution < 1.29 is 4.79 Å². The van der Waals surface area contributed by atoms with Gasteiger partial charge in [-0.3, -0.25) is 0 Å².